The number of carbonyl (C=O) groups is 2. The minimum atomic E-state index is -0.716. The molecule has 0 saturated heterocycles. The number of fused-ring (bicyclic) bond motifs is 1. The van der Waals surface area contributed by atoms with Gasteiger partial charge in [0.25, 0.3) is 5.91 Å². The van der Waals surface area contributed by atoms with Crippen LogP contribution in [0.2, 0.25) is 5.02 Å². The van der Waals surface area contributed by atoms with Crippen LogP contribution in [-0.4, -0.2) is 18.5 Å². The van der Waals surface area contributed by atoms with Crippen LogP contribution in [-0.2, 0) is 0 Å². The Bertz CT molecular complexity index is 822. The molecule has 0 aromatic heterocycles. The molecular weight excluding hydrogens is 325 g/mol. The first-order valence-corrected chi connectivity index (χ1v) is 7.04. The molecule has 0 bridgehead atoms. The van der Waals surface area contributed by atoms with Gasteiger partial charge in [-0.1, -0.05) is 11.6 Å². The number of anilines is 1. The lowest BCUT2D eigenvalue weighted by Gasteiger charge is -2.11. The largest absolute Gasteiger partial charge is 0.454 e. The lowest BCUT2D eigenvalue weighted by Crippen LogP contribution is -2.16. The lowest BCUT2D eigenvalue weighted by molar-refractivity contribution is 0.101. The summed E-state index contributed by atoms with van der Waals surface area (Å²) in [7, 11) is 0. The Hall–Kier alpha value is -2.60. The van der Waals surface area contributed by atoms with Gasteiger partial charge in [-0.05, 0) is 31.2 Å². The number of nitrogens with one attached hydrogen (secondary N) is 1. The van der Waals surface area contributed by atoms with Crippen LogP contribution >= 0.6 is 11.6 Å². The van der Waals surface area contributed by atoms with Gasteiger partial charge in [-0.3, -0.25) is 9.59 Å². The van der Waals surface area contributed by atoms with Gasteiger partial charge < -0.3 is 14.8 Å². The third-order valence-corrected chi connectivity index (χ3v) is 3.55. The summed E-state index contributed by atoms with van der Waals surface area (Å²) in [5.41, 5.74) is 0.237. The molecule has 3 rings (SSSR count). The third-order valence-electron chi connectivity index (χ3n) is 3.31. The van der Waals surface area contributed by atoms with Gasteiger partial charge in [0.1, 0.15) is 5.82 Å². The predicted octanol–water partition coefficient (Wildman–Crippen LogP) is 3.66. The quantitative estimate of drug-likeness (QED) is 0.869. The number of Topliss-reactive ketones (excluding diaryl/α,β-unsaturated/α-hetero) is 1. The molecule has 118 valence electrons. The van der Waals surface area contributed by atoms with Crippen molar-refractivity contribution in [3.63, 3.8) is 0 Å². The van der Waals surface area contributed by atoms with Crippen molar-refractivity contribution in [2.24, 2.45) is 0 Å². The fraction of sp³-hybridized carbons (Fsp3) is 0.125. The fourth-order valence-electron chi connectivity index (χ4n) is 2.20. The van der Waals surface area contributed by atoms with E-state index >= 15 is 0 Å². The molecule has 0 fully saturated rings. The van der Waals surface area contributed by atoms with Crippen molar-refractivity contribution < 1.29 is 23.5 Å². The average Bonchev–Trinajstić information content (AvgIpc) is 2.95. The van der Waals surface area contributed by atoms with Gasteiger partial charge in [0.15, 0.2) is 17.3 Å². The van der Waals surface area contributed by atoms with Crippen LogP contribution in [0.4, 0.5) is 10.1 Å². The zero-order valence-electron chi connectivity index (χ0n) is 12.0. The molecule has 1 aliphatic heterocycles. The van der Waals surface area contributed by atoms with Gasteiger partial charge in [0, 0.05) is 16.7 Å². The molecule has 23 heavy (non-hydrogen) atoms. The molecule has 0 atom stereocenters. The first-order chi connectivity index (χ1) is 11.0. The third kappa shape index (κ3) is 2.98. The molecule has 1 heterocycles. The molecule has 5 nitrogen and oxygen atoms in total. The smallest absolute Gasteiger partial charge is 0.258 e. The van der Waals surface area contributed by atoms with Crippen molar-refractivity contribution in [2.75, 3.05) is 12.1 Å². The number of ether oxygens (including phenoxy) is 2. The van der Waals surface area contributed by atoms with Crippen molar-refractivity contribution in [3.05, 3.63) is 52.3 Å². The van der Waals surface area contributed by atoms with E-state index in [9.17, 15) is 14.0 Å². The van der Waals surface area contributed by atoms with Crippen LogP contribution in [0.25, 0.3) is 0 Å². The number of benzene rings is 2. The summed E-state index contributed by atoms with van der Waals surface area (Å²) in [6, 6.07) is 6.61. The molecule has 0 unspecified atom stereocenters. The number of amides is 1. The van der Waals surface area contributed by atoms with Gasteiger partial charge in [0.05, 0.1) is 11.3 Å². The van der Waals surface area contributed by atoms with E-state index in [2.05, 4.69) is 5.32 Å². The van der Waals surface area contributed by atoms with E-state index < -0.39 is 11.7 Å². The Morgan fingerprint density at radius 1 is 1.13 bits per heavy atom. The van der Waals surface area contributed by atoms with Crippen molar-refractivity contribution in [2.45, 2.75) is 6.92 Å². The Kier molecular flexibility index (Phi) is 3.92. The summed E-state index contributed by atoms with van der Waals surface area (Å²) in [4.78, 5) is 24.0. The van der Waals surface area contributed by atoms with Crippen LogP contribution < -0.4 is 14.8 Å². The SMILES string of the molecule is CC(=O)c1cc2c(cc1NC(=O)c1cc(Cl)ccc1F)OCO2. The maximum Gasteiger partial charge on any atom is 0.258 e. The fourth-order valence-corrected chi connectivity index (χ4v) is 2.37. The van der Waals surface area contributed by atoms with Crippen molar-refractivity contribution in [3.8, 4) is 11.5 Å². The first-order valence-electron chi connectivity index (χ1n) is 6.66. The average molecular weight is 336 g/mol. The molecule has 0 spiro atoms. The van der Waals surface area contributed by atoms with Crippen molar-refractivity contribution in [1.82, 2.24) is 0 Å². The summed E-state index contributed by atoms with van der Waals surface area (Å²) in [6.07, 6.45) is 0. The number of ketones is 1. The summed E-state index contributed by atoms with van der Waals surface area (Å²) < 4.78 is 24.2. The number of rotatable bonds is 3. The Morgan fingerprint density at radius 2 is 1.83 bits per heavy atom. The second-order valence-corrected chi connectivity index (χ2v) is 5.32. The molecule has 2 aromatic rings. The summed E-state index contributed by atoms with van der Waals surface area (Å²) in [5.74, 6) is -0.882. The molecule has 0 radical (unpaired) electrons. The van der Waals surface area contributed by atoms with E-state index in [-0.39, 0.29) is 34.4 Å². The van der Waals surface area contributed by atoms with Gasteiger partial charge in [0.2, 0.25) is 6.79 Å². The minimum Gasteiger partial charge on any atom is -0.454 e. The number of hydrogen-bond donors (Lipinski definition) is 1. The molecule has 1 N–H and O–H groups in total. The molecule has 0 aliphatic carbocycles. The normalized spacial score (nSPS) is 12.1. The van der Waals surface area contributed by atoms with Crippen LogP contribution in [0.3, 0.4) is 0 Å². The molecule has 1 aliphatic rings. The summed E-state index contributed by atoms with van der Waals surface area (Å²) >= 11 is 5.79. The van der Waals surface area contributed by atoms with Crippen LogP contribution in [0.1, 0.15) is 27.6 Å². The highest BCUT2D eigenvalue weighted by Gasteiger charge is 2.21. The Balaban J connectivity index is 1.97. The van der Waals surface area contributed by atoms with Crippen LogP contribution in [0.5, 0.6) is 11.5 Å². The second kappa shape index (κ2) is 5.89. The number of hydrogen-bond acceptors (Lipinski definition) is 4. The van der Waals surface area contributed by atoms with E-state index in [1.165, 1.54) is 31.2 Å². The summed E-state index contributed by atoms with van der Waals surface area (Å²) in [6.45, 7) is 1.39. The zero-order valence-corrected chi connectivity index (χ0v) is 12.7. The topological polar surface area (TPSA) is 64.6 Å². The van der Waals surface area contributed by atoms with Crippen LogP contribution in [0, 0.1) is 5.82 Å². The highest BCUT2D eigenvalue weighted by Crippen LogP contribution is 2.37. The first kappa shape index (κ1) is 15.3. The standard InChI is InChI=1S/C16H11ClFNO4/c1-8(20)10-5-14-15(23-7-22-14)6-13(10)19-16(21)11-4-9(17)2-3-12(11)18/h2-6H,7H2,1H3,(H,19,21). The van der Waals surface area contributed by atoms with Crippen molar-refractivity contribution >= 4 is 29.0 Å². The number of halogens is 2. The maximum absolute atomic E-state index is 13.8. The maximum atomic E-state index is 13.8. The van der Waals surface area contributed by atoms with Gasteiger partial charge in [-0.2, -0.15) is 0 Å². The van der Waals surface area contributed by atoms with Gasteiger partial charge in [-0.25, -0.2) is 4.39 Å². The molecule has 0 saturated carbocycles. The van der Waals surface area contributed by atoms with Crippen molar-refractivity contribution in [1.29, 1.82) is 0 Å². The molecule has 7 heteroatoms. The molecular formula is C16H11ClFNO4. The Morgan fingerprint density at radius 3 is 2.52 bits per heavy atom. The lowest BCUT2D eigenvalue weighted by atomic mass is 10.1. The second-order valence-electron chi connectivity index (χ2n) is 4.89. The van der Waals surface area contributed by atoms with E-state index in [0.29, 0.717) is 11.5 Å². The summed E-state index contributed by atoms with van der Waals surface area (Å²) in [5, 5.41) is 2.74. The van der Waals surface area contributed by atoms with E-state index in [1.54, 1.807) is 0 Å². The Labute approximate surface area is 136 Å². The zero-order chi connectivity index (χ0) is 16.6. The van der Waals surface area contributed by atoms with Gasteiger partial charge >= 0.3 is 0 Å². The highest BCUT2D eigenvalue weighted by atomic mass is 35.5. The van der Waals surface area contributed by atoms with E-state index in [4.69, 9.17) is 21.1 Å². The minimum absolute atomic E-state index is 0.0347. The molecule has 1 amide bonds. The van der Waals surface area contributed by atoms with Crippen LogP contribution in [0.15, 0.2) is 30.3 Å². The molecule has 2 aromatic carbocycles. The monoisotopic (exact) mass is 335 g/mol. The van der Waals surface area contributed by atoms with E-state index in [1.807, 2.05) is 0 Å². The van der Waals surface area contributed by atoms with E-state index in [0.717, 1.165) is 6.07 Å². The van der Waals surface area contributed by atoms with Gasteiger partial charge in [-0.15, -0.1) is 0 Å². The highest BCUT2D eigenvalue weighted by molar-refractivity contribution is 6.31. The predicted molar refractivity (Wildman–Crippen MR) is 81.9 cm³/mol. The number of carbonyl (C=O) groups excluding carboxylic acids is 2.